The largest absolute Gasteiger partial charge is 0.354 e. The zero-order valence-electron chi connectivity index (χ0n) is 14.9. The third-order valence-electron chi connectivity index (χ3n) is 3.94. The minimum Gasteiger partial charge on any atom is -0.354 e. The molecule has 0 aliphatic heterocycles. The Bertz CT molecular complexity index is 841. The van der Waals surface area contributed by atoms with E-state index in [9.17, 15) is 13.2 Å². The van der Waals surface area contributed by atoms with Crippen molar-refractivity contribution in [2.45, 2.75) is 25.8 Å². The molecule has 0 aliphatic carbocycles. The van der Waals surface area contributed by atoms with Crippen molar-refractivity contribution < 1.29 is 13.2 Å². The summed E-state index contributed by atoms with van der Waals surface area (Å²) < 4.78 is 25.5. The van der Waals surface area contributed by atoms with Crippen LogP contribution in [0.2, 0.25) is 5.02 Å². The minimum atomic E-state index is -3.64. The Kier molecular flexibility index (Phi) is 7.06. The lowest BCUT2D eigenvalue weighted by atomic mass is 10.1. The Morgan fingerprint density at radius 2 is 1.85 bits per heavy atom. The number of anilines is 1. The highest BCUT2D eigenvalue weighted by atomic mass is 35.5. The highest BCUT2D eigenvalue weighted by molar-refractivity contribution is 7.92. The maximum Gasteiger partial charge on any atom is 0.243 e. The van der Waals surface area contributed by atoms with E-state index in [1.807, 2.05) is 30.3 Å². The lowest BCUT2D eigenvalue weighted by molar-refractivity contribution is -0.121. The molecular weight excluding hydrogens is 372 g/mol. The van der Waals surface area contributed by atoms with Gasteiger partial charge in [0.15, 0.2) is 0 Å². The summed E-state index contributed by atoms with van der Waals surface area (Å²) in [6.07, 6.45) is 2.70. The average Bonchev–Trinajstić information content (AvgIpc) is 2.58. The van der Waals surface area contributed by atoms with Crippen molar-refractivity contribution in [3.05, 3.63) is 65.2 Å². The van der Waals surface area contributed by atoms with Crippen LogP contribution in [0.25, 0.3) is 0 Å². The van der Waals surface area contributed by atoms with Crippen LogP contribution >= 0.6 is 11.6 Å². The first-order valence-corrected chi connectivity index (χ1v) is 10.6. The first-order chi connectivity index (χ1) is 12.3. The van der Waals surface area contributed by atoms with E-state index in [4.69, 9.17) is 11.6 Å². The molecule has 0 unspecified atom stereocenters. The predicted molar refractivity (Wildman–Crippen MR) is 106 cm³/mol. The van der Waals surface area contributed by atoms with Crippen molar-refractivity contribution in [3.8, 4) is 0 Å². The number of halogens is 1. The summed E-state index contributed by atoms with van der Waals surface area (Å²) in [7, 11) is -3.64. The van der Waals surface area contributed by atoms with Gasteiger partial charge in [-0.3, -0.25) is 9.10 Å². The minimum absolute atomic E-state index is 0.344. The van der Waals surface area contributed by atoms with E-state index in [0.29, 0.717) is 17.3 Å². The van der Waals surface area contributed by atoms with Gasteiger partial charge in [-0.2, -0.15) is 0 Å². The van der Waals surface area contributed by atoms with Crippen LogP contribution in [0.4, 0.5) is 5.69 Å². The third-order valence-corrected chi connectivity index (χ3v) is 5.41. The number of benzene rings is 2. The number of nitrogens with one attached hydrogen (secondary N) is 1. The molecule has 0 saturated carbocycles. The van der Waals surface area contributed by atoms with Gasteiger partial charge >= 0.3 is 0 Å². The number of nitrogens with zero attached hydrogens (tertiary/aromatic N) is 1. The number of hydrogen-bond acceptors (Lipinski definition) is 3. The van der Waals surface area contributed by atoms with E-state index in [1.54, 1.807) is 25.1 Å². The van der Waals surface area contributed by atoms with Gasteiger partial charge in [-0.25, -0.2) is 8.42 Å². The Labute approximate surface area is 160 Å². The van der Waals surface area contributed by atoms with Gasteiger partial charge in [0, 0.05) is 11.6 Å². The molecule has 0 fully saturated rings. The Balaban J connectivity index is 1.99. The first-order valence-electron chi connectivity index (χ1n) is 8.35. The molecule has 2 rings (SSSR count). The van der Waals surface area contributed by atoms with Gasteiger partial charge in [0.05, 0.1) is 11.9 Å². The fourth-order valence-corrected chi connectivity index (χ4v) is 4.07. The zero-order valence-corrected chi connectivity index (χ0v) is 16.4. The number of sulfonamides is 1. The zero-order chi connectivity index (χ0) is 19.2. The number of rotatable bonds is 8. The highest BCUT2D eigenvalue weighted by Gasteiger charge is 2.28. The molecular formula is C19H23ClN2O3S. The van der Waals surface area contributed by atoms with Gasteiger partial charge in [0.25, 0.3) is 0 Å². The smallest absolute Gasteiger partial charge is 0.243 e. The van der Waals surface area contributed by atoms with Crippen LogP contribution < -0.4 is 9.62 Å². The second-order valence-corrected chi connectivity index (χ2v) is 8.39. The van der Waals surface area contributed by atoms with E-state index in [1.165, 1.54) is 11.6 Å². The lowest BCUT2D eigenvalue weighted by Crippen LogP contribution is -2.48. The third kappa shape index (κ3) is 5.75. The molecule has 1 amide bonds. The summed E-state index contributed by atoms with van der Waals surface area (Å²) in [6.45, 7) is 2.04. The van der Waals surface area contributed by atoms with Crippen molar-refractivity contribution in [1.82, 2.24) is 5.32 Å². The molecule has 0 heterocycles. The predicted octanol–water partition coefficient (Wildman–Crippen LogP) is 3.24. The van der Waals surface area contributed by atoms with Gasteiger partial charge < -0.3 is 5.32 Å². The molecule has 2 aromatic carbocycles. The Morgan fingerprint density at radius 1 is 1.15 bits per heavy atom. The fraction of sp³-hybridized carbons (Fsp3) is 0.316. The maximum absolute atomic E-state index is 12.5. The van der Waals surface area contributed by atoms with Crippen LogP contribution in [0.1, 0.15) is 18.9 Å². The molecule has 1 N–H and O–H groups in total. The van der Waals surface area contributed by atoms with Crippen molar-refractivity contribution in [3.63, 3.8) is 0 Å². The molecule has 0 saturated heterocycles. The summed E-state index contributed by atoms with van der Waals surface area (Å²) in [5.41, 5.74) is 1.57. The van der Waals surface area contributed by atoms with Crippen LogP contribution in [-0.2, 0) is 21.2 Å². The molecule has 1 atom stereocenters. The first kappa shape index (κ1) is 20.3. The molecule has 0 spiro atoms. The summed E-state index contributed by atoms with van der Waals surface area (Å²) in [6, 6.07) is 15.6. The summed E-state index contributed by atoms with van der Waals surface area (Å²) >= 11 is 5.96. The molecule has 26 heavy (non-hydrogen) atoms. The normalized spacial score (nSPS) is 12.4. The van der Waals surface area contributed by atoms with E-state index in [0.717, 1.165) is 23.4 Å². The van der Waals surface area contributed by atoms with Gasteiger partial charge in [-0.15, -0.1) is 0 Å². The Hall–Kier alpha value is -2.05. The molecule has 140 valence electrons. The van der Waals surface area contributed by atoms with Gasteiger partial charge in [-0.05, 0) is 43.5 Å². The number of carbonyl (C=O) groups excluding carboxylic acids is 1. The van der Waals surface area contributed by atoms with Crippen molar-refractivity contribution in [1.29, 1.82) is 0 Å². The van der Waals surface area contributed by atoms with Crippen molar-refractivity contribution >= 4 is 33.2 Å². The van der Waals surface area contributed by atoms with E-state index < -0.39 is 16.1 Å². The van der Waals surface area contributed by atoms with Crippen LogP contribution in [0.15, 0.2) is 54.6 Å². The Morgan fingerprint density at radius 3 is 2.46 bits per heavy atom. The van der Waals surface area contributed by atoms with Crippen LogP contribution in [-0.4, -0.2) is 33.2 Å². The molecule has 7 heteroatoms. The quantitative estimate of drug-likeness (QED) is 0.699. The van der Waals surface area contributed by atoms with E-state index >= 15 is 0 Å². The number of carbonyl (C=O) groups is 1. The van der Waals surface area contributed by atoms with Crippen LogP contribution in [0.3, 0.4) is 0 Å². The van der Waals surface area contributed by atoms with Crippen molar-refractivity contribution in [2.24, 2.45) is 0 Å². The number of amides is 1. The van der Waals surface area contributed by atoms with Gasteiger partial charge in [0.1, 0.15) is 6.04 Å². The molecule has 5 nitrogen and oxygen atoms in total. The van der Waals surface area contributed by atoms with Crippen LogP contribution in [0.5, 0.6) is 0 Å². The van der Waals surface area contributed by atoms with Crippen molar-refractivity contribution in [2.75, 3.05) is 17.1 Å². The molecule has 0 bridgehead atoms. The maximum atomic E-state index is 12.5. The average molecular weight is 395 g/mol. The van der Waals surface area contributed by atoms with Crippen LogP contribution in [0, 0.1) is 0 Å². The second kappa shape index (κ2) is 9.05. The topological polar surface area (TPSA) is 66.5 Å². The SMILES string of the molecule is C[C@H](C(=O)NCCCc1ccccc1)N(c1cccc(Cl)c1)S(C)(=O)=O. The van der Waals surface area contributed by atoms with Gasteiger partial charge in [-0.1, -0.05) is 48.0 Å². The lowest BCUT2D eigenvalue weighted by Gasteiger charge is -2.28. The molecule has 0 radical (unpaired) electrons. The van der Waals surface area contributed by atoms with E-state index in [2.05, 4.69) is 5.32 Å². The summed E-state index contributed by atoms with van der Waals surface area (Å²) in [5.74, 6) is -0.344. The number of hydrogen-bond donors (Lipinski definition) is 1. The van der Waals surface area contributed by atoms with Gasteiger partial charge in [0.2, 0.25) is 15.9 Å². The monoisotopic (exact) mass is 394 g/mol. The summed E-state index contributed by atoms with van der Waals surface area (Å²) in [4.78, 5) is 12.5. The number of aryl methyl sites for hydroxylation is 1. The van der Waals surface area contributed by atoms with E-state index in [-0.39, 0.29) is 5.91 Å². The molecule has 2 aromatic rings. The molecule has 0 aromatic heterocycles. The summed E-state index contributed by atoms with van der Waals surface area (Å²) in [5, 5.41) is 3.22. The second-order valence-electron chi connectivity index (χ2n) is 6.09. The molecule has 0 aliphatic rings. The highest BCUT2D eigenvalue weighted by Crippen LogP contribution is 2.24. The standard InChI is InChI=1S/C19H23ClN2O3S/c1-15(19(23)21-13-7-10-16-8-4-3-5-9-16)22(26(2,24)25)18-12-6-11-17(20)14-18/h3-6,8-9,11-12,14-15H,7,10,13H2,1-2H3,(H,21,23)/t15-/m1/s1. The fourth-order valence-electron chi connectivity index (χ4n) is 2.72.